The lowest BCUT2D eigenvalue weighted by atomic mass is 10.1. The number of nitrogens with zero attached hydrogens (tertiary/aromatic N) is 2. The maximum Gasteiger partial charge on any atom is 0.223 e. The van der Waals surface area contributed by atoms with Gasteiger partial charge in [-0.2, -0.15) is 0 Å². The third kappa shape index (κ3) is 4.31. The van der Waals surface area contributed by atoms with Gasteiger partial charge in [0.2, 0.25) is 11.8 Å². The normalized spacial score (nSPS) is 15.1. The van der Waals surface area contributed by atoms with Crippen LogP contribution in [0.1, 0.15) is 31.4 Å². The summed E-state index contributed by atoms with van der Waals surface area (Å²) >= 11 is 0. The Morgan fingerprint density at radius 2 is 1.48 bits per heavy atom. The molecule has 2 amide bonds. The van der Waals surface area contributed by atoms with Crippen molar-refractivity contribution in [2.45, 2.75) is 33.1 Å². The minimum absolute atomic E-state index is 0.0955. The molecule has 0 bridgehead atoms. The van der Waals surface area contributed by atoms with Crippen LogP contribution in [-0.2, 0) is 22.4 Å². The molecule has 1 aliphatic rings. The second-order valence-electron chi connectivity index (χ2n) is 5.56. The Hall–Kier alpha value is -1.84. The van der Waals surface area contributed by atoms with Crippen molar-refractivity contribution in [3.8, 4) is 0 Å². The summed E-state index contributed by atoms with van der Waals surface area (Å²) in [4.78, 5) is 27.1. The van der Waals surface area contributed by atoms with E-state index in [0.29, 0.717) is 32.6 Å². The number of carbonyl (C=O) groups is 2. The largest absolute Gasteiger partial charge is 0.339 e. The summed E-state index contributed by atoms with van der Waals surface area (Å²) in [6.45, 7) is 6.36. The van der Waals surface area contributed by atoms with Gasteiger partial charge in [0.15, 0.2) is 0 Å². The van der Waals surface area contributed by atoms with Crippen molar-refractivity contribution in [1.82, 2.24) is 9.80 Å². The van der Waals surface area contributed by atoms with Crippen molar-refractivity contribution in [2.24, 2.45) is 0 Å². The first-order chi connectivity index (χ1) is 10.1. The van der Waals surface area contributed by atoms with Gasteiger partial charge in [-0.1, -0.05) is 31.2 Å². The molecule has 1 aliphatic heterocycles. The fourth-order valence-corrected chi connectivity index (χ4v) is 2.62. The first-order valence-corrected chi connectivity index (χ1v) is 7.71. The molecule has 0 aromatic heterocycles. The van der Waals surface area contributed by atoms with Crippen LogP contribution in [0.25, 0.3) is 0 Å². The van der Waals surface area contributed by atoms with Crippen molar-refractivity contribution in [1.29, 1.82) is 0 Å². The maximum atomic E-state index is 12.2. The molecule has 0 spiro atoms. The van der Waals surface area contributed by atoms with Gasteiger partial charge in [-0.15, -0.1) is 0 Å². The highest BCUT2D eigenvalue weighted by Gasteiger charge is 2.21. The van der Waals surface area contributed by atoms with Gasteiger partial charge in [0, 0.05) is 39.5 Å². The molecule has 4 heteroatoms. The molecular weight excluding hydrogens is 264 g/mol. The number of amides is 2. The van der Waals surface area contributed by atoms with Gasteiger partial charge in [-0.05, 0) is 24.0 Å². The highest BCUT2D eigenvalue weighted by molar-refractivity contribution is 5.77. The van der Waals surface area contributed by atoms with E-state index in [4.69, 9.17) is 0 Å². The van der Waals surface area contributed by atoms with E-state index >= 15 is 0 Å². The van der Waals surface area contributed by atoms with Crippen molar-refractivity contribution in [2.75, 3.05) is 26.2 Å². The van der Waals surface area contributed by atoms with E-state index in [0.717, 1.165) is 12.8 Å². The Kier molecular flexibility index (Phi) is 5.37. The molecular formula is C17H24N2O2. The molecule has 0 radical (unpaired) electrons. The van der Waals surface area contributed by atoms with Crippen LogP contribution in [0.3, 0.4) is 0 Å². The average Bonchev–Trinajstić information content (AvgIpc) is 2.53. The second-order valence-corrected chi connectivity index (χ2v) is 5.56. The van der Waals surface area contributed by atoms with Crippen LogP contribution in [0.2, 0.25) is 0 Å². The number of hydrogen-bond acceptors (Lipinski definition) is 2. The number of hydrogen-bond donors (Lipinski definition) is 0. The molecule has 114 valence electrons. The van der Waals surface area contributed by atoms with Crippen molar-refractivity contribution < 1.29 is 9.59 Å². The summed E-state index contributed by atoms with van der Waals surface area (Å²) in [7, 11) is 0. The predicted molar refractivity (Wildman–Crippen MR) is 83.0 cm³/mol. The summed E-state index contributed by atoms with van der Waals surface area (Å²) in [6.07, 6.45) is 2.38. The second kappa shape index (κ2) is 7.25. The van der Waals surface area contributed by atoms with Crippen molar-refractivity contribution in [3.05, 3.63) is 35.4 Å². The molecule has 0 aliphatic carbocycles. The van der Waals surface area contributed by atoms with Crippen LogP contribution < -0.4 is 0 Å². The molecule has 0 atom stereocenters. The highest BCUT2D eigenvalue weighted by atomic mass is 16.2. The molecule has 1 fully saturated rings. The van der Waals surface area contributed by atoms with E-state index < -0.39 is 0 Å². The number of piperazine rings is 1. The van der Waals surface area contributed by atoms with E-state index in [1.807, 2.05) is 4.90 Å². The van der Waals surface area contributed by atoms with Gasteiger partial charge in [-0.3, -0.25) is 9.59 Å². The Balaban J connectivity index is 1.78. The molecule has 2 rings (SSSR count). The maximum absolute atomic E-state index is 12.2. The summed E-state index contributed by atoms with van der Waals surface area (Å²) in [5.41, 5.74) is 2.54. The zero-order chi connectivity index (χ0) is 15.2. The Morgan fingerprint density at radius 3 is 2.00 bits per heavy atom. The lowest BCUT2D eigenvalue weighted by molar-refractivity contribution is -0.138. The standard InChI is InChI=1S/C17H24N2O2/c1-3-15-4-6-16(7-5-15)8-9-17(21)19-12-10-18(11-13-19)14(2)20/h4-7H,3,8-13H2,1-2H3. The van der Waals surface area contributed by atoms with E-state index in [1.165, 1.54) is 11.1 Å². The van der Waals surface area contributed by atoms with Crippen LogP contribution in [0.5, 0.6) is 0 Å². The summed E-state index contributed by atoms with van der Waals surface area (Å²) < 4.78 is 0. The van der Waals surface area contributed by atoms with Crippen LogP contribution in [0.15, 0.2) is 24.3 Å². The highest BCUT2D eigenvalue weighted by Crippen LogP contribution is 2.10. The minimum Gasteiger partial charge on any atom is -0.339 e. The minimum atomic E-state index is 0.0955. The van der Waals surface area contributed by atoms with Crippen LogP contribution >= 0.6 is 0 Å². The van der Waals surface area contributed by atoms with Gasteiger partial charge >= 0.3 is 0 Å². The molecule has 0 N–H and O–H groups in total. The third-order valence-electron chi connectivity index (χ3n) is 4.14. The molecule has 1 saturated heterocycles. The fourth-order valence-electron chi connectivity index (χ4n) is 2.62. The fraction of sp³-hybridized carbons (Fsp3) is 0.529. The van der Waals surface area contributed by atoms with E-state index in [9.17, 15) is 9.59 Å². The Morgan fingerprint density at radius 1 is 0.952 bits per heavy atom. The zero-order valence-electron chi connectivity index (χ0n) is 13.0. The molecule has 21 heavy (non-hydrogen) atoms. The van der Waals surface area contributed by atoms with Crippen molar-refractivity contribution in [3.63, 3.8) is 0 Å². The van der Waals surface area contributed by atoms with Crippen LogP contribution in [0.4, 0.5) is 0 Å². The zero-order valence-corrected chi connectivity index (χ0v) is 13.0. The van der Waals surface area contributed by atoms with E-state index in [1.54, 1.807) is 11.8 Å². The first kappa shape index (κ1) is 15.5. The monoisotopic (exact) mass is 288 g/mol. The first-order valence-electron chi connectivity index (χ1n) is 7.71. The summed E-state index contributed by atoms with van der Waals surface area (Å²) in [6, 6.07) is 8.48. The Labute approximate surface area is 126 Å². The predicted octanol–water partition coefficient (Wildman–Crippen LogP) is 1.87. The lowest BCUT2D eigenvalue weighted by Gasteiger charge is -2.34. The lowest BCUT2D eigenvalue weighted by Crippen LogP contribution is -2.50. The average molecular weight is 288 g/mol. The molecule has 0 unspecified atom stereocenters. The van der Waals surface area contributed by atoms with Gasteiger partial charge in [-0.25, -0.2) is 0 Å². The van der Waals surface area contributed by atoms with E-state index in [2.05, 4.69) is 31.2 Å². The quantitative estimate of drug-likeness (QED) is 0.848. The van der Waals surface area contributed by atoms with E-state index in [-0.39, 0.29) is 11.8 Å². The smallest absolute Gasteiger partial charge is 0.223 e. The van der Waals surface area contributed by atoms with Gasteiger partial charge in [0.25, 0.3) is 0 Å². The summed E-state index contributed by atoms with van der Waals surface area (Å²) in [5, 5.41) is 0. The third-order valence-corrected chi connectivity index (χ3v) is 4.14. The topological polar surface area (TPSA) is 40.6 Å². The molecule has 1 aromatic carbocycles. The molecule has 1 heterocycles. The number of rotatable bonds is 4. The van der Waals surface area contributed by atoms with Crippen LogP contribution in [0, 0.1) is 0 Å². The Bertz CT molecular complexity index is 488. The van der Waals surface area contributed by atoms with Gasteiger partial charge in [0.05, 0.1) is 0 Å². The van der Waals surface area contributed by atoms with Gasteiger partial charge < -0.3 is 9.80 Å². The number of benzene rings is 1. The number of carbonyl (C=O) groups excluding carboxylic acids is 2. The molecule has 4 nitrogen and oxygen atoms in total. The molecule has 0 saturated carbocycles. The van der Waals surface area contributed by atoms with Gasteiger partial charge in [0.1, 0.15) is 0 Å². The number of aryl methyl sites for hydroxylation is 2. The summed E-state index contributed by atoms with van der Waals surface area (Å²) in [5.74, 6) is 0.288. The van der Waals surface area contributed by atoms with Crippen LogP contribution in [-0.4, -0.2) is 47.8 Å². The van der Waals surface area contributed by atoms with Crippen molar-refractivity contribution >= 4 is 11.8 Å². The molecule has 1 aromatic rings. The SMILES string of the molecule is CCc1ccc(CCC(=O)N2CCN(C(C)=O)CC2)cc1.